The van der Waals surface area contributed by atoms with Crippen LogP contribution in [0.15, 0.2) is 53.4 Å². The Hall–Kier alpha value is -2.38. The molecule has 0 aliphatic rings. The smallest absolute Gasteiger partial charge is 0.254 e. The van der Waals surface area contributed by atoms with Gasteiger partial charge in [-0.2, -0.15) is 0 Å². The molecule has 2 aromatic rings. The Balaban J connectivity index is 2.40. The fourth-order valence-corrected chi connectivity index (χ4v) is 4.43. The predicted octanol–water partition coefficient (Wildman–Crippen LogP) is 3.61. The number of nitrogens with one attached hydrogen (secondary N) is 1. The number of carbonyl (C=O) groups excluding carboxylic acids is 1. The third-order valence-corrected chi connectivity index (χ3v) is 6.10. The highest BCUT2D eigenvalue weighted by molar-refractivity contribution is 7.89. The second kappa shape index (κ2) is 8.32. The van der Waals surface area contributed by atoms with Crippen LogP contribution >= 0.6 is 0 Å². The molecular weight excluding hydrogens is 376 g/mol. The molecule has 0 aliphatic heterocycles. The monoisotopic (exact) mass is 404 g/mol. The summed E-state index contributed by atoms with van der Waals surface area (Å²) in [6, 6.07) is 13.9. The van der Waals surface area contributed by atoms with Gasteiger partial charge in [0, 0.05) is 18.2 Å². The Kier molecular flexibility index (Phi) is 6.52. The van der Waals surface area contributed by atoms with Gasteiger partial charge >= 0.3 is 0 Å². The maximum atomic E-state index is 13.0. The molecule has 6 nitrogen and oxygen atoms in total. The molecule has 0 aliphatic carbocycles. The lowest BCUT2D eigenvalue weighted by Gasteiger charge is -2.26. The van der Waals surface area contributed by atoms with Crippen LogP contribution in [0.25, 0.3) is 0 Å². The fraction of sp³-hybridized carbons (Fsp3) is 0.381. The van der Waals surface area contributed by atoms with Crippen molar-refractivity contribution in [2.24, 2.45) is 0 Å². The van der Waals surface area contributed by atoms with E-state index < -0.39 is 15.6 Å². The molecule has 28 heavy (non-hydrogen) atoms. The molecule has 0 bridgehead atoms. The van der Waals surface area contributed by atoms with Gasteiger partial charge in [-0.15, -0.1) is 0 Å². The van der Waals surface area contributed by atoms with Crippen molar-refractivity contribution in [3.63, 3.8) is 0 Å². The van der Waals surface area contributed by atoms with E-state index in [4.69, 9.17) is 4.74 Å². The van der Waals surface area contributed by atoms with E-state index in [1.165, 1.54) is 19.2 Å². The van der Waals surface area contributed by atoms with Crippen LogP contribution in [-0.2, 0) is 10.0 Å². The lowest BCUT2D eigenvalue weighted by Crippen LogP contribution is -2.40. The van der Waals surface area contributed by atoms with Crippen LogP contribution in [0, 0.1) is 0 Å². The number of sulfonamides is 1. The highest BCUT2D eigenvalue weighted by Gasteiger charge is 2.27. The van der Waals surface area contributed by atoms with Crippen molar-refractivity contribution in [1.82, 2.24) is 9.62 Å². The molecule has 152 valence electrons. The molecule has 1 amide bonds. The standard InChI is InChI=1S/C21H28N2O4S/c1-15(16-10-8-7-9-11-16)23(5)20(24)17-12-13-18(27-6)19(14-17)28(25,26)22-21(2,3)4/h7-15,22H,1-6H3. The van der Waals surface area contributed by atoms with E-state index in [0.717, 1.165) is 5.56 Å². The van der Waals surface area contributed by atoms with Gasteiger partial charge in [0.15, 0.2) is 0 Å². The van der Waals surface area contributed by atoms with E-state index >= 15 is 0 Å². The molecule has 2 aromatic carbocycles. The molecule has 1 unspecified atom stereocenters. The molecule has 2 rings (SSSR count). The van der Waals surface area contributed by atoms with Crippen molar-refractivity contribution in [2.75, 3.05) is 14.2 Å². The van der Waals surface area contributed by atoms with E-state index in [2.05, 4.69) is 4.72 Å². The number of ether oxygens (including phenoxy) is 1. The number of benzene rings is 2. The Bertz CT molecular complexity index is 935. The number of methoxy groups -OCH3 is 1. The second-order valence-corrected chi connectivity index (χ2v) is 9.37. The van der Waals surface area contributed by atoms with Crippen LogP contribution in [0.1, 0.15) is 49.7 Å². The third-order valence-electron chi connectivity index (χ3n) is 4.32. The molecule has 1 atom stereocenters. The molecule has 1 N–H and O–H groups in total. The summed E-state index contributed by atoms with van der Waals surface area (Å²) < 4.78 is 33.4. The van der Waals surface area contributed by atoms with Crippen molar-refractivity contribution in [3.8, 4) is 5.75 Å². The Labute approximate surface area is 167 Å². The van der Waals surface area contributed by atoms with Crippen LogP contribution < -0.4 is 9.46 Å². The SMILES string of the molecule is COc1ccc(C(=O)N(C)C(C)c2ccccc2)cc1S(=O)(=O)NC(C)(C)C. The van der Waals surface area contributed by atoms with Crippen LogP contribution in [-0.4, -0.2) is 38.9 Å². The summed E-state index contributed by atoms with van der Waals surface area (Å²) in [5.74, 6) is -0.0849. The van der Waals surface area contributed by atoms with E-state index in [-0.39, 0.29) is 28.2 Å². The minimum absolute atomic E-state index is 0.0588. The number of carbonyl (C=O) groups is 1. The highest BCUT2D eigenvalue weighted by atomic mass is 32.2. The zero-order chi connectivity index (χ0) is 21.1. The topological polar surface area (TPSA) is 75.7 Å². The fourth-order valence-electron chi connectivity index (χ4n) is 2.81. The van der Waals surface area contributed by atoms with Crippen LogP contribution in [0.2, 0.25) is 0 Å². The molecule has 0 fully saturated rings. The van der Waals surface area contributed by atoms with Gasteiger partial charge in [0.25, 0.3) is 5.91 Å². The first-order valence-electron chi connectivity index (χ1n) is 9.00. The maximum absolute atomic E-state index is 13.0. The van der Waals surface area contributed by atoms with E-state index in [0.29, 0.717) is 0 Å². The summed E-state index contributed by atoms with van der Waals surface area (Å²) in [5, 5.41) is 0. The molecule has 0 saturated heterocycles. The summed E-state index contributed by atoms with van der Waals surface area (Å²) in [4.78, 5) is 14.5. The lowest BCUT2D eigenvalue weighted by molar-refractivity contribution is 0.0742. The quantitative estimate of drug-likeness (QED) is 0.798. The van der Waals surface area contributed by atoms with Gasteiger partial charge in [0.05, 0.1) is 13.2 Å². The first-order valence-corrected chi connectivity index (χ1v) is 10.5. The van der Waals surface area contributed by atoms with Crippen LogP contribution in [0.3, 0.4) is 0 Å². The molecule has 7 heteroatoms. The molecule has 0 spiro atoms. The van der Waals surface area contributed by atoms with Gasteiger partial charge in [0.2, 0.25) is 10.0 Å². The Morgan fingerprint density at radius 3 is 2.25 bits per heavy atom. The average Bonchev–Trinajstić information content (AvgIpc) is 2.64. The van der Waals surface area contributed by atoms with Gasteiger partial charge in [-0.1, -0.05) is 30.3 Å². The number of amides is 1. The number of nitrogens with zero attached hydrogens (tertiary/aromatic N) is 1. The summed E-state index contributed by atoms with van der Waals surface area (Å²) in [7, 11) is -0.761. The molecule has 0 heterocycles. The van der Waals surface area contributed by atoms with Gasteiger partial charge in [-0.25, -0.2) is 13.1 Å². The van der Waals surface area contributed by atoms with Gasteiger partial charge < -0.3 is 9.64 Å². The molecule has 0 aromatic heterocycles. The highest BCUT2D eigenvalue weighted by Crippen LogP contribution is 2.28. The minimum atomic E-state index is -3.86. The zero-order valence-electron chi connectivity index (χ0n) is 17.2. The third kappa shape index (κ3) is 5.11. The largest absolute Gasteiger partial charge is 0.495 e. The predicted molar refractivity (Wildman–Crippen MR) is 110 cm³/mol. The normalized spacial score (nSPS) is 13.1. The number of rotatable bonds is 6. The van der Waals surface area contributed by atoms with E-state index in [1.807, 2.05) is 37.3 Å². The molecule has 0 radical (unpaired) electrons. The first kappa shape index (κ1) is 21.9. The van der Waals surface area contributed by atoms with Crippen molar-refractivity contribution >= 4 is 15.9 Å². The number of hydrogen-bond acceptors (Lipinski definition) is 4. The van der Waals surface area contributed by atoms with Crippen molar-refractivity contribution in [2.45, 2.75) is 44.2 Å². The summed E-state index contributed by atoms with van der Waals surface area (Å²) >= 11 is 0. The zero-order valence-corrected chi connectivity index (χ0v) is 18.0. The average molecular weight is 405 g/mol. The minimum Gasteiger partial charge on any atom is -0.495 e. The van der Waals surface area contributed by atoms with E-state index in [1.54, 1.807) is 38.8 Å². The van der Waals surface area contributed by atoms with Crippen molar-refractivity contribution in [3.05, 3.63) is 59.7 Å². The van der Waals surface area contributed by atoms with Crippen LogP contribution in [0.4, 0.5) is 0 Å². The Morgan fingerprint density at radius 1 is 1.11 bits per heavy atom. The number of hydrogen-bond donors (Lipinski definition) is 1. The lowest BCUT2D eigenvalue weighted by atomic mass is 10.1. The summed E-state index contributed by atoms with van der Waals surface area (Å²) in [6.45, 7) is 7.18. The first-order chi connectivity index (χ1) is 13.0. The van der Waals surface area contributed by atoms with Gasteiger partial charge in [-0.3, -0.25) is 4.79 Å². The Morgan fingerprint density at radius 2 is 1.71 bits per heavy atom. The van der Waals surface area contributed by atoms with E-state index in [9.17, 15) is 13.2 Å². The summed E-state index contributed by atoms with van der Waals surface area (Å²) in [5.41, 5.74) is 0.608. The maximum Gasteiger partial charge on any atom is 0.254 e. The van der Waals surface area contributed by atoms with Crippen LogP contribution in [0.5, 0.6) is 5.75 Å². The van der Waals surface area contributed by atoms with Crippen molar-refractivity contribution < 1.29 is 17.9 Å². The second-order valence-electron chi connectivity index (χ2n) is 7.72. The van der Waals surface area contributed by atoms with Gasteiger partial charge in [0.1, 0.15) is 10.6 Å². The summed E-state index contributed by atoms with van der Waals surface area (Å²) in [6.07, 6.45) is 0. The molecule has 0 saturated carbocycles. The molecular formula is C21H28N2O4S. The van der Waals surface area contributed by atoms with Gasteiger partial charge in [-0.05, 0) is 51.5 Å². The van der Waals surface area contributed by atoms with Crippen molar-refractivity contribution in [1.29, 1.82) is 0 Å².